The number of benzene rings is 4. The largest absolute Gasteiger partial charge is 0.481 e. The van der Waals surface area contributed by atoms with Crippen molar-refractivity contribution in [3.05, 3.63) is 156 Å². The second kappa shape index (κ2) is 13.4. The average Bonchev–Trinajstić information content (AvgIpc) is 3.06. The van der Waals surface area contributed by atoms with Crippen LogP contribution in [0.2, 0.25) is 0 Å². The first-order chi connectivity index (χ1) is 21.5. The van der Waals surface area contributed by atoms with Crippen molar-refractivity contribution in [2.24, 2.45) is 0 Å². The summed E-state index contributed by atoms with van der Waals surface area (Å²) >= 11 is 3.31. The lowest BCUT2D eigenvalue weighted by Crippen LogP contribution is -2.36. The Morgan fingerprint density at radius 2 is 1.25 bits per heavy atom. The van der Waals surface area contributed by atoms with Crippen molar-refractivity contribution in [1.82, 2.24) is 0 Å². The third-order valence-corrected chi connectivity index (χ3v) is 9.88. The molecule has 2 aliphatic heterocycles. The molecule has 0 aromatic heterocycles. The highest BCUT2D eigenvalue weighted by Crippen LogP contribution is 2.49. The van der Waals surface area contributed by atoms with Crippen LogP contribution in [0.5, 0.6) is 0 Å². The van der Waals surface area contributed by atoms with Crippen LogP contribution in [0.3, 0.4) is 0 Å². The quantitative estimate of drug-likeness (QED) is 0.0865. The van der Waals surface area contributed by atoms with Crippen LogP contribution in [0.15, 0.2) is 153 Å². The maximum atomic E-state index is 11.8. The molecule has 2 heterocycles. The van der Waals surface area contributed by atoms with Crippen LogP contribution in [-0.2, 0) is 20.7 Å². The Bertz CT molecular complexity index is 1700. The summed E-state index contributed by atoms with van der Waals surface area (Å²) in [6.07, 6.45) is 7.99. The topological polar surface area (TPSA) is 58.9 Å². The lowest BCUT2D eigenvalue weighted by atomic mass is 9.86. The van der Waals surface area contributed by atoms with Crippen molar-refractivity contribution >= 4 is 23.5 Å². The molecular formula is C38H32O4S2. The number of fused-ring (bicyclic) bond motifs is 4. The molecule has 44 heavy (non-hydrogen) atoms. The first-order valence-electron chi connectivity index (χ1n) is 14.4. The Morgan fingerprint density at radius 3 is 1.80 bits per heavy atom. The summed E-state index contributed by atoms with van der Waals surface area (Å²) in [5.74, 6) is 6.67. The van der Waals surface area contributed by atoms with Crippen LogP contribution in [0.25, 0.3) is 0 Å². The first kappa shape index (κ1) is 30.1. The summed E-state index contributed by atoms with van der Waals surface area (Å²) in [6, 6.07) is 31.5. The lowest BCUT2D eigenvalue weighted by Gasteiger charge is -2.35. The van der Waals surface area contributed by atoms with Crippen molar-refractivity contribution in [2.75, 3.05) is 19.8 Å². The SMILES string of the molecule is C=C/C(=C\C=C/CCOCC1(O)c2ccccc2Sc2ccccc21)OCC#CC1(O)c2ccccc2Sc2ccccc21. The molecule has 4 aromatic rings. The summed E-state index contributed by atoms with van der Waals surface area (Å²) in [6.45, 7) is 4.58. The van der Waals surface area contributed by atoms with Crippen LogP contribution in [-0.4, -0.2) is 30.0 Å². The van der Waals surface area contributed by atoms with E-state index in [0.717, 1.165) is 41.8 Å². The minimum Gasteiger partial charge on any atom is -0.481 e. The molecule has 0 spiro atoms. The van der Waals surface area contributed by atoms with Gasteiger partial charge in [0.1, 0.15) is 18.0 Å². The monoisotopic (exact) mass is 616 g/mol. The summed E-state index contributed by atoms with van der Waals surface area (Å²) in [4.78, 5) is 4.08. The van der Waals surface area contributed by atoms with Gasteiger partial charge in [0.2, 0.25) is 0 Å². The minimum atomic E-state index is -1.41. The fourth-order valence-electron chi connectivity index (χ4n) is 5.41. The van der Waals surface area contributed by atoms with Crippen molar-refractivity contribution in [3.63, 3.8) is 0 Å². The molecule has 4 nitrogen and oxygen atoms in total. The molecule has 220 valence electrons. The number of ether oxygens (including phenoxy) is 2. The van der Waals surface area contributed by atoms with Crippen LogP contribution in [0.1, 0.15) is 28.7 Å². The van der Waals surface area contributed by atoms with E-state index >= 15 is 0 Å². The van der Waals surface area contributed by atoms with E-state index in [2.05, 4.69) is 18.4 Å². The van der Waals surface area contributed by atoms with E-state index in [4.69, 9.17) is 9.47 Å². The molecule has 6 heteroatoms. The summed E-state index contributed by atoms with van der Waals surface area (Å²) < 4.78 is 11.8. The van der Waals surface area contributed by atoms with E-state index in [1.807, 2.05) is 115 Å². The molecule has 0 amide bonds. The third-order valence-electron chi connectivity index (χ3n) is 7.58. The van der Waals surface area contributed by atoms with Gasteiger partial charge in [-0.1, -0.05) is 127 Å². The Morgan fingerprint density at radius 1 is 0.750 bits per heavy atom. The molecule has 2 N–H and O–H groups in total. The van der Waals surface area contributed by atoms with Crippen molar-refractivity contribution < 1.29 is 19.7 Å². The molecule has 6 rings (SSSR count). The molecular weight excluding hydrogens is 585 g/mol. The maximum Gasteiger partial charge on any atom is 0.179 e. The predicted molar refractivity (Wildman–Crippen MR) is 177 cm³/mol. The van der Waals surface area contributed by atoms with Gasteiger partial charge in [-0.15, -0.1) is 0 Å². The zero-order valence-electron chi connectivity index (χ0n) is 24.1. The van der Waals surface area contributed by atoms with Gasteiger partial charge in [-0.05, 0) is 42.8 Å². The molecule has 0 saturated carbocycles. The first-order valence-corrected chi connectivity index (χ1v) is 16.0. The number of aliphatic hydroxyl groups is 2. The molecule has 0 aliphatic carbocycles. The van der Waals surface area contributed by atoms with Crippen LogP contribution in [0, 0.1) is 11.8 Å². The fraction of sp³-hybridized carbons (Fsp3) is 0.158. The molecule has 0 unspecified atom stereocenters. The second-order valence-corrected chi connectivity index (χ2v) is 12.6. The molecule has 0 bridgehead atoms. The van der Waals surface area contributed by atoms with E-state index in [9.17, 15) is 10.2 Å². The number of hydrogen-bond donors (Lipinski definition) is 2. The summed E-state index contributed by atoms with van der Waals surface area (Å²) in [5.41, 5.74) is 0.711. The van der Waals surface area contributed by atoms with Crippen LogP contribution >= 0.6 is 23.5 Å². The Kier molecular flexibility index (Phi) is 9.13. The van der Waals surface area contributed by atoms with E-state index in [0.29, 0.717) is 18.8 Å². The molecule has 0 fully saturated rings. The van der Waals surface area contributed by atoms with Crippen LogP contribution in [0.4, 0.5) is 0 Å². The third kappa shape index (κ3) is 6.03. The van der Waals surface area contributed by atoms with Gasteiger partial charge in [0.05, 0.1) is 13.2 Å². The number of allylic oxidation sites excluding steroid dienone is 3. The standard InChI is InChI=1S/C38H32O4S2/c1-2-28(42-26-14-24-37(39)29-16-5-9-20-33(29)43-34-21-10-6-17-30(34)37)15-4-3-13-25-41-27-38(40)31-18-7-11-22-35(31)44-36-23-12-8-19-32(36)38/h2-12,15-23,39-40H,1,13,25-27H2/b4-3-,28-15+. The minimum absolute atomic E-state index is 0.106. The van der Waals surface area contributed by atoms with Crippen molar-refractivity contribution in [2.45, 2.75) is 37.2 Å². The maximum absolute atomic E-state index is 11.8. The Balaban J connectivity index is 1.04. The van der Waals surface area contributed by atoms with E-state index < -0.39 is 11.2 Å². The highest BCUT2D eigenvalue weighted by Gasteiger charge is 2.40. The number of rotatable bonds is 9. The van der Waals surface area contributed by atoms with E-state index in [1.54, 1.807) is 29.6 Å². The normalized spacial score (nSPS) is 15.6. The van der Waals surface area contributed by atoms with Gasteiger partial charge in [0.25, 0.3) is 0 Å². The van der Waals surface area contributed by atoms with Gasteiger partial charge in [0, 0.05) is 41.8 Å². The zero-order chi connectivity index (χ0) is 30.4. The van der Waals surface area contributed by atoms with Crippen LogP contribution < -0.4 is 0 Å². The van der Waals surface area contributed by atoms with Gasteiger partial charge in [-0.2, -0.15) is 0 Å². The summed E-state index contributed by atoms with van der Waals surface area (Å²) in [7, 11) is 0. The molecule has 2 aliphatic rings. The predicted octanol–water partition coefficient (Wildman–Crippen LogP) is 7.84. The molecule has 0 radical (unpaired) electrons. The van der Waals surface area contributed by atoms with Gasteiger partial charge in [-0.25, -0.2) is 0 Å². The van der Waals surface area contributed by atoms with Gasteiger partial charge in [-0.3, -0.25) is 0 Å². The van der Waals surface area contributed by atoms with Crippen molar-refractivity contribution in [1.29, 1.82) is 0 Å². The van der Waals surface area contributed by atoms with Gasteiger partial charge >= 0.3 is 0 Å². The number of hydrogen-bond acceptors (Lipinski definition) is 6. The molecule has 4 aromatic carbocycles. The lowest BCUT2D eigenvalue weighted by molar-refractivity contribution is -0.0248. The van der Waals surface area contributed by atoms with Gasteiger partial charge < -0.3 is 19.7 Å². The highest BCUT2D eigenvalue weighted by atomic mass is 32.2. The fourth-order valence-corrected chi connectivity index (χ4v) is 7.82. The highest BCUT2D eigenvalue weighted by molar-refractivity contribution is 7.99. The average molecular weight is 617 g/mol. The Hall–Kier alpha value is -3.96. The van der Waals surface area contributed by atoms with E-state index in [-0.39, 0.29) is 13.2 Å². The zero-order valence-corrected chi connectivity index (χ0v) is 25.7. The smallest absolute Gasteiger partial charge is 0.179 e. The van der Waals surface area contributed by atoms with Crippen molar-refractivity contribution in [3.8, 4) is 11.8 Å². The Labute approximate surface area is 267 Å². The second-order valence-electron chi connectivity index (χ2n) is 10.4. The molecule has 0 atom stereocenters. The van der Waals surface area contributed by atoms with E-state index in [1.165, 1.54) is 0 Å². The molecule has 0 saturated heterocycles. The summed E-state index contributed by atoms with van der Waals surface area (Å²) in [5, 5.41) is 23.5. The van der Waals surface area contributed by atoms with Gasteiger partial charge in [0.15, 0.2) is 5.60 Å².